The Bertz CT molecular complexity index is 281. The van der Waals surface area contributed by atoms with Crippen LogP contribution in [0.4, 0.5) is 0 Å². The lowest BCUT2D eigenvalue weighted by Gasteiger charge is -2.36. The van der Waals surface area contributed by atoms with Crippen molar-refractivity contribution in [2.75, 3.05) is 6.54 Å². The number of aliphatic hydroxyl groups is 1. The highest BCUT2D eigenvalue weighted by molar-refractivity contribution is 7.13. The highest BCUT2D eigenvalue weighted by Crippen LogP contribution is 2.33. The molecular weight excluding hydrogens is 193 g/mol. The van der Waals surface area contributed by atoms with Crippen LogP contribution in [0.15, 0.2) is 30.3 Å². The molecule has 1 aromatic rings. The van der Waals surface area contributed by atoms with Crippen LogP contribution in [-0.2, 0) is 0 Å². The zero-order chi connectivity index (χ0) is 9.97. The zero-order valence-electron chi connectivity index (χ0n) is 8.13. The van der Waals surface area contributed by atoms with Crippen LogP contribution in [0.2, 0.25) is 0 Å². The first-order valence-corrected chi connectivity index (χ1v) is 5.55. The Morgan fingerprint density at radius 3 is 2.64 bits per heavy atom. The van der Waals surface area contributed by atoms with Crippen LogP contribution >= 0.6 is 9.39 Å². The van der Waals surface area contributed by atoms with Gasteiger partial charge in [0.05, 0.1) is 12.1 Å². The Balaban J connectivity index is 2.23. The van der Waals surface area contributed by atoms with Crippen LogP contribution in [0.5, 0.6) is 0 Å². The minimum atomic E-state index is -0.233. The predicted octanol–water partition coefficient (Wildman–Crippen LogP) is 1.97. The number of benzene rings is 1. The van der Waals surface area contributed by atoms with E-state index in [1.807, 2.05) is 18.2 Å². The SMILES string of the molecule is O[C@H]1CCCN(P)[C@@H]1c1ccccc1. The lowest BCUT2D eigenvalue weighted by atomic mass is 9.95. The van der Waals surface area contributed by atoms with Crippen molar-refractivity contribution in [2.45, 2.75) is 25.0 Å². The standard InChI is InChI=1S/C11H16NOP/c13-10-7-4-8-12(14)11(10)9-5-2-1-3-6-9/h1-3,5-6,10-11,13H,4,7-8,14H2/t10-,11+/m0/s1. The molecule has 1 N–H and O–H groups in total. The van der Waals surface area contributed by atoms with Crippen LogP contribution in [0.1, 0.15) is 24.4 Å². The van der Waals surface area contributed by atoms with Gasteiger partial charge in [-0.25, -0.2) is 0 Å². The van der Waals surface area contributed by atoms with Crippen LogP contribution < -0.4 is 0 Å². The van der Waals surface area contributed by atoms with Gasteiger partial charge in [0.25, 0.3) is 0 Å². The summed E-state index contributed by atoms with van der Waals surface area (Å²) in [5.41, 5.74) is 1.20. The fourth-order valence-electron chi connectivity index (χ4n) is 2.06. The number of piperidine rings is 1. The summed E-state index contributed by atoms with van der Waals surface area (Å²) < 4.78 is 2.16. The van der Waals surface area contributed by atoms with Crippen molar-refractivity contribution in [3.05, 3.63) is 35.9 Å². The summed E-state index contributed by atoms with van der Waals surface area (Å²) in [5.74, 6) is 0. The van der Waals surface area contributed by atoms with E-state index in [2.05, 4.69) is 26.2 Å². The summed E-state index contributed by atoms with van der Waals surface area (Å²) in [6.07, 6.45) is 1.75. The van der Waals surface area contributed by atoms with Crippen molar-refractivity contribution in [1.82, 2.24) is 4.67 Å². The predicted molar refractivity (Wildman–Crippen MR) is 60.8 cm³/mol. The van der Waals surface area contributed by atoms with E-state index in [4.69, 9.17) is 0 Å². The summed E-state index contributed by atoms with van der Waals surface area (Å²) in [6, 6.07) is 10.4. The second kappa shape index (κ2) is 4.39. The maximum atomic E-state index is 9.94. The fraction of sp³-hybridized carbons (Fsp3) is 0.455. The minimum absolute atomic E-state index is 0.148. The third-order valence-corrected chi connectivity index (χ3v) is 3.36. The number of hydrogen-bond acceptors (Lipinski definition) is 2. The van der Waals surface area contributed by atoms with Gasteiger partial charge < -0.3 is 5.11 Å². The third kappa shape index (κ3) is 1.98. The van der Waals surface area contributed by atoms with E-state index in [0.717, 1.165) is 19.4 Å². The molecule has 1 aliphatic heterocycles. The molecule has 0 radical (unpaired) electrons. The lowest BCUT2D eigenvalue weighted by molar-refractivity contribution is 0.0566. The molecule has 1 fully saturated rings. The van der Waals surface area contributed by atoms with E-state index in [1.165, 1.54) is 5.56 Å². The van der Waals surface area contributed by atoms with E-state index < -0.39 is 0 Å². The summed E-state index contributed by atoms with van der Waals surface area (Å²) in [5, 5.41) is 9.94. The Labute approximate surface area is 87.2 Å². The van der Waals surface area contributed by atoms with E-state index in [9.17, 15) is 5.11 Å². The van der Waals surface area contributed by atoms with Gasteiger partial charge in [-0.05, 0) is 18.4 Å². The molecule has 0 amide bonds. The number of hydrogen-bond donors (Lipinski definition) is 1. The van der Waals surface area contributed by atoms with Gasteiger partial charge in [0.15, 0.2) is 0 Å². The summed E-state index contributed by atoms with van der Waals surface area (Å²) in [6.45, 7) is 1.04. The van der Waals surface area contributed by atoms with E-state index in [0.29, 0.717) is 0 Å². The number of rotatable bonds is 1. The van der Waals surface area contributed by atoms with Crippen molar-refractivity contribution < 1.29 is 5.11 Å². The van der Waals surface area contributed by atoms with Crippen LogP contribution in [0.3, 0.4) is 0 Å². The Kier molecular flexibility index (Phi) is 3.17. The molecule has 2 rings (SSSR count). The van der Waals surface area contributed by atoms with Gasteiger partial charge in [0.2, 0.25) is 0 Å². The first-order chi connectivity index (χ1) is 6.79. The molecule has 2 nitrogen and oxygen atoms in total. The zero-order valence-corrected chi connectivity index (χ0v) is 9.29. The molecule has 14 heavy (non-hydrogen) atoms. The van der Waals surface area contributed by atoms with Gasteiger partial charge in [-0.1, -0.05) is 39.7 Å². The van der Waals surface area contributed by atoms with Crippen molar-refractivity contribution in [2.24, 2.45) is 0 Å². The van der Waals surface area contributed by atoms with Gasteiger partial charge in [-0.3, -0.25) is 4.67 Å². The number of nitrogens with zero attached hydrogens (tertiary/aromatic N) is 1. The minimum Gasteiger partial charge on any atom is -0.391 e. The van der Waals surface area contributed by atoms with Gasteiger partial charge in [0, 0.05) is 6.54 Å². The Morgan fingerprint density at radius 2 is 2.00 bits per heavy atom. The van der Waals surface area contributed by atoms with Crippen LogP contribution in [0, 0.1) is 0 Å². The topological polar surface area (TPSA) is 23.5 Å². The second-order valence-electron chi connectivity index (χ2n) is 3.80. The third-order valence-electron chi connectivity index (χ3n) is 2.78. The molecule has 1 saturated heterocycles. The highest BCUT2D eigenvalue weighted by Gasteiger charge is 2.28. The van der Waals surface area contributed by atoms with E-state index in [-0.39, 0.29) is 12.1 Å². The Morgan fingerprint density at radius 1 is 1.29 bits per heavy atom. The highest BCUT2D eigenvalue weighted by atomic mass is 31.0. The largest absolute Gasteiger partial charge is 0.391 e. The Hall–Kier alpha value is -0.430. The monoisotopic (exact) mass is 209 g/mol. The molecule has 0 aliphatic carbocycles. The van der Waals surface area contributed by atoms with Gasteiger partial charge in [-0.15, -0.1) is 0 Å². The normalized spacial score (nSPS) is 29.0. The second-order valence-corrected chi connectivity index (χ2v) is 4.47. The molecule has 0 spiro atoms. The smallest absolute Gasteiger partial charge is 0.0740 e. The van der Waals surface area contributed by atoms with Gasteiger partial charge in [0.1, 0.15) is 0 Å². The quantitative estimate of drug-likeness (QED) is 0.715. The average molecular weight is 209 g/mol. The average Bonchev–Trinajstić information content (AvgIpc) is 2.19. The lowest BCUT2D eigenvalue weighted by Crippen LogP contribution is -2.35. The van der Waals surface area contributed by atoms with Crippen LogP contribution in [0.25, 0.3) is 0 Å². The molecule has 1 heterocycles. The van der Waals surface area contributed by atoms with Crippen molar-refractivity contribution in [3.8, 4) is 0 Å². The molecule has 0 saturated carbocycles. The van der Waals surface area contributed by atoms with Crippen LogP contribution in [-0.4, -0.2) is 22.4 Å². The number of aliphatic hydroxyl groups excluding tert-OH is 1. The van der Waals surface area contributed by atoms with Gasteiger partial charge in [-0.2, -0.15) is 0 Å². The van der Waals surface area contributed by atoms with Crippen molar-refractivity contribution in [3.63, 3.8) is 0 Å². The fourth-order valence-corrected chi connectivity index (χ4v) is 2.62. The summed E-state index contributed by atoms with van der Waals surface area (Å²) in [7, 11) is 2.72. The summed E-state index contributed by atoms with van der Waals surface area (Å²) in [4.78, 5) is 0. The molecule has 3 heteroatoms. The van der Waals surface area contributed by atoms with E-state index >= 15 is 0 Å². The van der Waals surface area contributed by atoms with E-state index in [1.54, 1.807) is 0 Å². The molecule has 0 aromatic heterocycles. The molecule has 0 bridgehead atoms. The molecule has 76 valence electrons. The van der Waals surface area contributed by atoms with Gasteiger partial charge >= 0.3 is 0 Å². The van der Waals surface area contributed by atoms with Crippen molar-refractivity contribution in [1.29, 1.82) is 0 Å². The first kappa shape index (κ1) is 10.1. The molecule has 1 unspecified atom stereocenters. The molecule has 3 atom stereocenters. The summed E-state index contributed by atoms with van der Waals surface area (Å²) >= 11 is 0. The maximum absolute atomic E-state index is 9.94. The maximum Gasteiger partial charge on any atom is 0.0740 e. The van der Waals surface area contributed by atoms with Crippen molar-refractivity contribution >= 4 is 9.39 Å². The molecular formula is C11H16NOP. The first-order valence-electron chi connectivity index (χ1n) is 5.03. The molecule has 1 aliphatic rings. The molecule has 1 aromatic carbocycles.